The van der Waals surface area contributed by atoms with Crippen molar-refractivity contribution < 1.29 is 4.79 Å². The molecule has 1 aromatic carbocycles. The number of nitrogens with zero attached hydrogens (tertiary/aromatic N) is 3. The van der Waals surface area contributed by atoms with E-state index >= 15 is 0 Å². The van der Waals surface area contributed by atoms with Crippen LogP contribution in [0.5, 0.6) is 0 Å². The van der Waals surface area contributed by atoms with Gasteiger partial charge in [-0.05, 0) is 29.8 Å². The highest BCUT2D eigenvalue weighted by Gasteiger charge is 2.08. The first-order valence-corrected chi connectivity index (χ1v) is 8.07. The van der Waals surface area contributed by atoms with Gasteiger partial charge < -0.3 is 10.6 Å². The van der Waals surface area contributed by atoms with Crippen molar-refractivity contribution in [2.24, 2.45) is 0 Å². The third kappa shape index (κ3) is 4.99. The average molecular weight is 354 g/mol. The van der Waals surface area contributed by atoms with Crippen molar-refractivity contribution in [1.82, 2.24) is 20.3 Å². The van der Waals surface area contributed by atoms with Gasteiger partial charge in [0, 0.05) is 17.8 Å². The lowest BCUT2D eigenvalue weighted by atomic mass is 10.2. The van der Waals surface area contributed by atoms with E-state index in [0.29, 0.717) is 23.9 Å². The molecule has 0 radical (unpaired) electrons. The third-order valence-electron chi connectivity index (χ3n) is 3.43. The largest absolute Gasteiger partial charge is 0.363 e. The van der Waals surface area contributed by atoms with Gasteiger partial charge in [0.1, 0.15) is 11.5 Å². The molecule has 7 heteroatoms. The summed E-state index contributed by atoms with van der Waals surface area (Å²) < 4.78 is 0. The van der Waals surface area contributed by atoms with Crippen molar-refractivity contribution in [3.63, 3.8) is 0 Å². The van der Waals surface area contributed by atoms with Crippen molar-refractivity contribution in [2.45, 2.75) is 13.1 Å². The number of nitrogens with one attached hydrogen (secondary N) is 2. The highest BCUT2D eigenvalue weighted by atomic mass is 35.5. The fraction of sp³-hybridized carbons (Fsp3) is 0.111. The zero-order valence-corrected chi connectivity index (χ0v) is 14.1. The zero-order valence-electron chi connectivity index (χ0n) is 13.3. The van der Waals surface area contributed by atoms with Crippen molar-refractivity contribution >= 4 is 23.3 Å². The number of carbonyl (C=O) groups excluding carboxylic acids is 1. The summed E-state index contributed by atoms with van der Waals surface area (Å²) in [5, 5.41) is 6.57. The lowest BCUT2D eigenvalue weighted by Gasteiger charge is -2.07. The third-order valence-corrected chi connectivity index (χ3v) is 3.68. The zero-order chi connectivity index (χ0) is 17.5. The predicted molar refractivity (Wildman–Crippen MR) is 96.2 cm³/mol. The van der Waals surface area contributed by atoms with Crippen LogP contribution in [0.2, 0.25) is 5.02 Å². The summed E-state index contributed by atoms with van der Waals surface area (Å²) in [6, 6.07) is 13.0. The second-order valence-corrected chi connectivity index (χ2v) is 5.71. The molecule has 2 aromatic heterocycles. The van der Waals surface area contributed by atoms with Crippen LogP contribution in [0.3, 0.4) is 0 Å². The molecule has 3 rings (SSSR count). The number of hydrogen-bond acceptors (Lipinski definition) is 5. The van der Waals surface area contributed by atoms with E-state index in [4.69, 9.17) is 11.6 Å². The first kappa shape index (κ1) is 16.9. The number of halogens is 1. The Hall–Kier alpha value is -2.99. The Bertz CT molecular complexity index is 822. The molecule has 0 aliphatic carbocycles. The fourth-order valence-electron chi connectivity index (χ4n) is 2.10. The van der Waals surface area contributed by atoms with Crippen molar-refractivity contribution in [1.29, 1.82) is 0 Å². The molecule has 0 aliphatic rings. The molecule has 25 heavy (non-hydrogen) atoms. The molecule has 0 unspecified atom stereocenters. The van der Waals surface area contributed by atoms with Gasteiger partial charge in [-0.2, -0.15) is 0 Å². The van der Waals surface area contributed by atoms with Gasteiger partial charge in [0.15, 0.2) is 0 Å². The first-order valence-electron chi connectivity index (χ1n) is 7.69. The minimum absolute atomic E-state index is 0.261. The highest BCUT2D eigenvalue weighted by molar-refractivity contribution is 6.30. The average Bonchev–Trinajstić information content (AvgIpc) is 2.67. The van der Waals surface area contributed by atoms with E-state index < -0.39 is 0 Å². The topological polar surface area (TPSA) is 79.8 Å². The van der Waals surface area contributed by atoms with Crippen LogP contribution in [0, 0.1) is 0 Å². The SMILES string of the molecule is O=C(NCc1ccc(Cl)cc1)c1cnc(NCc2ccccn2)cn1. The van der Waals surface area contributed by atoms with Gasteiger partial charge in [-0.1, -0.05) is 29.8 Å². The second-order valence-electron chi connectivity index (χ2n) is 5.27. The molecule has 0 spiro atoms. The number of amides is 1. The molecule has 1 amide bonds. The number of hydrogen-bond donors (Lipinski definition) is 2. The maximum absolute atomic E-state index is 12.1. The Labute approximate surface area is 150 Å². The summed E-state index contributed by atoms with van der Waals surface area (Å²) >= 11 is 5.83. The van der Waals surface area contributed by atoms with E-state index in [1.54, 1.807) is 18.3 Å². The highest BCUT2D eigenvalue weighted by Crippen LogP contribution is 2.09. The normalized spacial score (nSPS) is 10.3. The quantitative estimate of drug-likeness (QED) is 0.712. The Kier molecular flexibility index (Phi) is 5.53. The number of rotatable bonds is 6. The molecule has 0 bridgehead atoms. The molecule has 6 nitrogen and oxygen atoms in total. The van der Waals surface area contributed by atoms with Crippen LogP contribution in [0.25, 0.3) is 0 Å². The van der Waals surface area contributed by atoms with Crippen LogP contribution in [-0.2, 0) is 13.1 Å². The molecule has 2 N–H and O–H groups in total. The summed E-state index contributed by atoms with van der Waals surface area (Å²) in [5.74, 6) is 0.304. The van der Waals surface area contributed by atoms with Gasteiger partial charge in [-0.15, -0.1) is 0 Å². The molecule has 0 saturated carbocycles. The standard InChI is InChI=1S/C18H16ClN5O/c19-14-6-4-13(5-7-14)9-24-18(25)16-11-23-17(12-21-16)22-10-15-3-1-2-8-20-15/h1-8,11-12H,9-10H2,(H,22,23)(H,24,25). The van der Waals surface area contributed by atoms with Gasteiger partial charge in [0.2, 0.25) is 0 Å². The van der Waals surface area contributed by atoms with E-state index in [1.165, 1.54) is 12.4 Å². The van der Waals surface area contributed by atoms with E-state index in [2.05, 4.69) is 25.6 Å². The molecular formula is C18H16ClN5O. The van der Waals surface area contributed by atoms with Crippen LogP contribution < -0.4 is 10.6 Å². The summed E-state index contributed by atoms with van der Waals surface area (Å²) in [7, 11) is 0. The number of carbonyl (C=O) groups is 1. The van der Waals surface area contributed by atoms with Crippen LogP contribution in [0.4, 0.5) is 5.82 Å². The summed E-state index contributed by atoms with van der Waals surface area (Å²) in [6.45, 7) is 0.939. The lowest BCUT2D eigenvalue weighted by molar-refractivity contribution is 0.0945. The van der Waals surface area contributed by atoms with E-state index in [9.17, 15) is 4.79 Å². The minimum atomic E-state index is -0.279. The van der Waals surface area contributed by atoms with E-state index in [1.807, 2.05) is 30.3 Å². The summed E-state index contributed by atoms with van der Waals surface area (Å²) in [4.78, 5) is 24.7. The predicted octanol–water partition coefficient (Wildman–Crippen LogP) is 3.07. The Morgan fingerprint density at radius 1 is 0.960 bits per heavy atom. The Balaban J connectivity index is 1.52. The minimum Gasteiger partial charge on any atom is -0.363 e. The van der Waals surface area contributed by atoms with Gasteiger partial charge in [0.25, 0.3) is 5.91 Å². The molecular weight excluding hydrogens is 338 g/mol. The molecule has 0 aliphatic heterocycles. The fourth-order valence-corrected chi connectivity index (χ4v) is 2.22. The molecule has 126 valence electrons. The van der Waals surface area contributed by atoms with Crippen LogP contribution in [-0.4, -0.2) is 20.9 Å². The maximum Gasteiger partial charge on any atom is 0.271 e. The van der Waals surface area contributed by atoms with Crippen molar-refractivity contribution in [3.8, 4) is 0 Å². The summed E-state index contributed by atoms with van der Waals surface area (Å²) in [5.41, 5.74) is 2.12. The maximum atomic E-state index is 12.1. The molecule has 0 fully saturated rings. The molecule has 0 atom stereocenters. The summed E-state index contributed by atoms with van der Waals surface area (Å²) in [6.07, 6.45) is 4.70. The molecule has 2 heterocycles. The Morgan fingerprint density at radius 2 is 1.80 bits per heavy atom. The van der Waals surface area contributed by atoms with E-state index in [-0.39, 0.29) is 11.6 Å². The Morgan fingerprint density at radius 3 is 2.48 bits per heavy atom. The lowest BCUT2D eigenvalue weighted by Crippen LogP contribution is -2.24. The molecule has 0 saturated heterocycles. The van der Waals surface area contributed by atoms with Crippen molar-refractivity contribution in [3.05, 3.63) is 83.0 Å². The van der Waals surface area contributed by atoms with Crippen LogP contribution >= 0.6 is 11.6 Å². The smallest absolute Gasteiger partial charge is 0.271 e. The van der Waals surface area contributed by atoms with Gasteiger partial charge >= 0.3 is 0 Å². The number of aromatic nitrogens is 3. The van der Waals surface area contributed by atoms with Crippen molar-refractivity contribution in [2.75, 3.05) is 5.32 Å². The van der Waals surface area contributed by atoms with Gasteiger partial charge in [0.05, 0.1) is 24.6 Å². The first-order chi connectivity index (χ1) is 12.2. The molecule has 3 aromatic rings. The second kappa shape index (κ2) is 8.21. The van der Waals surface area contributed by atoms with Crippen LogP contribution in [0.15, 0.2) is 61.1 Å². The van der Waals surface area contributed by atoms with E-state index in [0.717, 1.165) is 11.3 Å². The number of anilines is 1. The monoisotopic (exact) mass is 353 g/mol. The van der Waals surface area contributed by atoms with Crippen LogP contribution in [0.1, 0.15) is 21.7 Å². The number of pyridine rings is 1. The van der Waals surface area contributed by atoms with Gasteiger partial charge in [-0.25, -0.2) is 9.97 Å². The van der Waals surface area contributed by atoms with Gasteiger partial charge in [-0.3, -0.25) is 9.78 Å². The number of benzene rings is 1.